The number of hydrogen-bond acceptors (Lipinski definition) is 3. The number of nitrogen functional groups attached to an aromatic ring is 1. The number of nitrogens with zero attached hydrogens (tertiary/aromatic N) is 3. The van der Waals surface area contributed by atoms with Crippen molar-refractivity contribution in [1.82, 2.24) is 15.0 Å². The van der Waals surface area contributed by atoms with Crippen LogP contribution < -0.4 is 5.73 Å². The van der Waals surface area contributed by atoms with Gasteiger partial charge in [0.1, 0.15) is 11.0 Å². The molecule has 0 saturated carbocycles. The highest BCUT2D eigenvalue weighted by Gasteiger charge is 2.08. The minimum absolute atomic E-state index is 0.691. The molecule has 2 aromatic carbocycles. The van der Waals surface area contributed by atoms with Crippen molar-refractivity contribution < 1.29 is 0 Å². The van der Waals surface area contributed by atoms with Gasteiger partial charge in [0.15, 0.2) is 0 Å². The Balaban J connectivity index is 2.19. The molecule has 0 unspecified atom stereocenters. The molecule has 90 valence electrons. The van der Waals surface area contributed by atoms with Crippen molar-refractivity contribution >= 4 is 28.3 Å². The zero-order chi connectivity index (χ0) is 12.7. The topological polar surface area (TPSA) is 56.7 Å². The smallest absolute Gasteiger partial charge is 0.118 e. The molecule has 0 atom stereocenters. The molecule has 0 aliphatic rings. The van der Waals surface area contributed by atoms with E-state index in [1.54, 1.807) is 4.80 Å². The lowest BCUT2D eigenvalue weighted by atomic mass is 10.2. The van der Waals surface area contributed by atoms with E-state index in [0.717, 1.165) is 28.0 Å². The lowest BCUT2D eigenvalue weighted by Gasteiger charge is -1.98. The molecule has 3 rings (SSSR count). The van der Waals surface area contributed by atoms with Crippen LogP contribution >= 0.6 is 11.6 Å². The van der Waals surface area contributed by atoms with Crippen LogP contribution in [0.15, 0.2) is 36.4 Å². The maximum absolute atomic E-state index is 5.86. The molecule has 0 amide bonds. The molecular weight excluding hydrogens is 248 g/mol. The highest BCUT2D eigenvalue weighted by atomic mass is 35.5. The van der Waals surface area contributed by atoms with Crippen LogP contribution in [0.2, 0.25) is 5.02 Å². The maximum atomic E-state index is 5.86. The van der Waals surface area contributed by atoms with Crippen LogP contribution in [-0.4, -0.2) is 15.0 Å². The van der Waals surface area contributed by atoms with E-state index in [1.165, 1.54) is 0 Å². The summed E-state index contributed by atoms with van der Waals surface area (Å²) in [5, 5.41) is 9.57. The Hall–Kier alpha value is -2.07. The second kappa shape index (κ2) is 3.99. The van der Waals surface area contributed by atoms with Crippen LogP contribution in [-0.2, 0) is 0 Å². The normalized spacial score (nSPS) is 11.0. The first-order chi connectivity index (χ1) is 8.65. The fourth-order valence-corrected chi connectivity index (χ4v) is 1.94. The van der Waals surface area contributed by atoms with Crippen molar-refractivity contribution in [1.29, 1.82) is 0 Å². The van der Waals surface area contributed by atoms with Crippen molar-refractivity contribution in [2.75, 3.05) is 5.73 Å². The van der Waals surface area contributed by atoms with Crippen molar-refractivity contribution in [2.45, 2.75) is 6.92 Å². The SMILES string of the molecule is Cc1c(N)ccc2nn(-c3ccc(Cl)cc3)nc12. The largest absolute Gasteiger partial charge is 0.398 e. The summed E-state index contributed by atoms with van der Waals surface area (Å²) in [6.45, 7) is 1.94. The van der Waals surface area contributed by atoms with Gasteiger partial charge in [-0.3, -0.25) is 0 Å². The molecule has 1 heterocycles. The van der Waals surface area contributed by atoms with Crippen LogP contribution in [0.3, 0.4) is 0 Å². The lowest BCUT2D eigenvalue weighted by molar-refractivity contribution is 0.765. The van der Waals surface area contributed by atoms with Gasteiger partial charge >= 0.3 is 0 Å². The predicted molar refractivity (Wildman–Crippen MR) is 73.0 cm³/mol. The van der Waals surface area contributed by atoms with E-state index in [-0.39, 0.29) is 0 Å². The van der Waals surface area contributed by atoms with Crippen molar-refractivity contribution in [3.63, 3.8) is 0 Å². The minimum atomic E-state index is 0.691. The number of hydrogen-bond donors (Lipinski definition) is 1. The highest BCUT2D eigenvalue weighted by Crippen LogP contribution is 2.21. The summed E-state index contributed by atoms with van der Waals surface area (Å²) in [4.78, 5) is 1.59. The Morgan fingerprint density at radius 1 is 1.06 bits per heavy atom. The van der Waals surface area contributed by atoms with Gasteiger partial charge < -0.3 is 5.73 Å². The first-order valence-electron chi connectivity index (χ1n) is 5.53. The molecule has 0 bridgehead atoms. The molecule has 0 fully saturated rings. The molecular formula is C13H11ClN4. The van der Waals surface area contributed by atoms with Gasteiger partial charge in [0.05, 0.1) is 5.69 Å². The third kappa shape index (κ3) is 1.71. The van der Waals surface area contributed by atoms with Crippen LogP contribution in [0.1, 0.15) is 5.56 Å². The first kappa shape index (κ1) is 11.0. The second-order valence-electron chi connectivity index (χ2n) is 4.11. The highest BCUT2D eigenvalue weighted by molar-refractivity contribution is 6.30. The van der Waals surface area contributed by atoms with Gasteiger partial charge in [-0.05, 0) is 43.3 Å². The zero-order valence-electron chi connectivity index (χ0n) is 9.76. The molecule has 3 aromatic rings. The first-order valence-corrected chi connectivity index (χ1v) is 5.91. The Kier molecular flexibility index (Phi) is 2.45. The van der Waals surface area contributed by atoms with Crippen LogP contribution in [0, 0.1) is 6.92 Å². The molecule has 0 saturated heterocycles. The van der Waals surface area contributed by atoms with E-state index in [9.17, 15) is 0 Å². The summed E-state index contributed by atoms with van der Waals surface area (Å²) >= 11 is 5.86. The minimum Gasteiger partial charge on any atom is -0.398 e. The summed E-state index contributed by atoms with van der Waals surface area (Å²) in [6, 6.07) is 11.1. The fraction of sp³-hybridized carbons (Fsp3) is 0.0769. The number of aryl methyl sites for hydroxylation is 1. The van der Waals surface area contributed by atoms with Gasteiger partial charge in [0.2, 0.25) is 0 Å². The van der Waals surface area contributed by atoms with E-state index in [0.29, 0.717) is 5.02 Å². The van der Waals surface area contributed by atoms with E-state index in [2.05, 4.69) is 10.2 Å². The molecule has 1 aromatic heterocycles. The standard InChI is InChI=1S/C13H11ClN4/c1-8-11(15)6-7-12-13(8)17-18(16-12)10-4-2-9(14)3-5-10/h2-7H,15H2,1H3. The summed E-state index contributed by atoms with van der Waals surface area (Å²) in [6.07, 6.45) is 0. The van der Waals surface area contributed by atoms with Crippen molar-refractivity contribution in [3.8, 4) is 5.69 Å². The fourth-order valence-electron chi connectivity index (χ4n) is 1.82. The molecule has 0 aliphatic heterocycles. The lowest BCUT2D eigenvalue weighted by Crippen LogP contribution is -1.97. The number of rotatable bonds is 1. The predicted octanol–water partition coefficient (Wildman–Crippen LogP) is 2.96. The number of fused-ring (bicyclic) bond motifs is 1. The van der Waals surface area contributed by atoms with E-state index in [1.807, 2.05) is 43.3 Å². The molecule has 4 nitrogen and oxygen atoms in total. The summed E-state index contributed by atoms with van der Waals surface area (Å²) in [5.41, 5.74) is 10.1. The molecule has 18 heavy (non-hydrogen) atoms. The zero-order valence-corrected chi connectivity index (χ0v) is 10.5. The van der Waals surface area contributed by atoms with Gasteiger partial charge in [-0.25, -0.2) is 0 Å². The third-order valence-electron chi connectivity index (χ3n) is 2.91. The number of nitrogens with two attached hydrogens (primary N) is 1. The summed E-state index contributed by atoms with van der Waals surface area (Å²) < 4.78 is 0. The summed E-state index contributed by atoms with van der Waals surface area (Å²) in [5.74, 6) is 0. The average molecular weight is 259 g/mol. The maximum Gasteiger partial charge on any atom is 0.118 e. The second-order valence-corrected chi connectivity index (χ2v) is 4.55. The molecule has 0 aliphatic carbocycles. The van der Waals surface area contributed by atoms with Gasteiger partial charge in [-0.1, -0.05) is 11.6 Å². The Morgan fingerprint density at radius 2 is 1.78 bits per heavy atom. The Morgan fingerprint density at radius 3 is 2.50 bits per heavy atom. The molecule has 0 radical (unpaired) electrons. The summed E-state index contributed by atoms with van der Waals surface area (Å²) in [7, 11) is 0. The van der Waals surface area contributed by atoms with Gasteiger partial charge in [-0.2, -0.15) is 4.80 Å². The van der Waals surface area contributed by atoms with E-state index >= 15 is 0 Å². The van der Waals surface area contributed by atoms with E-state index in [4.69, 9.17) is 17.3 Å². The van der Waals surface area contributed by atoms with Crippen LogP contribution in [0.25, 0.3) is 16.7 Å². The van der Waals surface area contributed by atoms with Gasteiger partial charge in [0, 0.05) is 16.3 Å². The monoisotopic (exact) mass is 258 g/mol. The van der Waals surface area contributed by atoms with Crippen molar-refractivity contribution in [3.05, 3.63) is 47.0 Å². The molecule has 0 spiro atoms. The Bertz CT molecular complexity index is 716. The van der Waals surface area contributed by atoms with Crippen LogP contribution in [0.4, 0.5) is 5.69 Å². The average Bonchev–Trinajstić information content (AvgIpc) is 2.80. The number of benzene rings is 2. The number of aromatic nitrogens is 3. The van der Waals surface area contributed by atoms with Gasteiger partial charge in [-0.15, -0.1) is 10.2 Å². The van der Waals surface area contributed by atoms with E-state index < -0.39 is 0 Å². The molecule has 5 heteroatoms. The molecule has 2 N–H and O–H groups in total. The Labute approximate surface area is 109 Å². The number of halogens is 1. The third-order valence-corrected chi connectivity index (χ3v) is 3.16. The van der Waals surface area contributed by atoms with Gasteiger partial charge in [0.25, 0.3) is 0 Å². The van der Waals surface area contributed by atoms with Crippen LogP contribution in [0.5, 0.6) is 0 Å². The number of anilines is 1. The quantitative estimate of drug-likeness (QED) is 0.683. The van der Waals surface area contributed by atoms with Crippen molar-refractivity contribution in [2.24, 2.45) is 0 Å².